The summed E-state index contributed by atoms with van der Waals surface area (Å²) in [6.07, 6.45) is 12.9. The van der Waals surface area contributed by atoms with Gasteiger partial charge in [-0.15, -0.1) is 0 Å². The summed E-state index contributed by atoms with van der Waals surface area (Å²) < 4.78 is 2.08. The summed E-state index contributed by atoms with van der Waals surface area (Å²) in [6.45, 7) is 2.42. The lowest BCUT2D eigenvalue weighted by atomic mass is 9.97. The van der Waals surface area contributed by atoms with Crippen molar-refractivity contribution in [3.05, 3.63) is 76.4 Å². The van der Waals surface area contributed by atoms with Crippen LogP contribution in [-0.2, 0) is 11.2 Å². The molecule has 0 fully saturated rings. The number of allylic oxidation sites excluding steroid dienone is 4. The fourth-order valence-corrected chi connectivity index (χ4v) is 4.03. The van der Waals surface area contributed by atoms with Crippen molar-refractivity contribution in [2.75, 3.05) is 18.5 Å². The number of halogens is 1. The molecule has 7 heteroatoms. The molecule has 3 aromatic heterocycles. The van der Waals surface area contributed by atoms with Gasteiger partial charge in [0.25, 0.3) is 0 Å². The van der Waals surface area contributed by atoms with E-state index in [1.165, 1.54) is 0 Å². The van der Waals surface area contributed by atoms with Crippen molar-refractivity contribution in [3.8, 4) is 0 Å². The van der Waals surface area contributed by atoms with Crippen LogP contribution in [0.25, 0.3) is 11.2 Å². The van der Waals surface area contributed by atoms with Crippen LogP contribution in [0.4, 0.5) is 5.82 Å². The number of carboxylic acids is 1. The summed E-state index contributed by atoms with van der Waals surface area (Å²) in [4.78, 5) is 21.9. The van der Waals surface area contributed by atoms with E-state index in [9.17, 15) is 4.79 Å². The van der Waals surface area contributed by atoms with Crippen LogP contribution in [0.15, 0.2) is 54.0 Å². The first-order chi connectivity index (χ1) is 14.9. The second-order valence-corrected chi connectivity index (χ2v) is 8.42. The zero-order valence-corrected chi connectivity index (χ0v) is 18.4. The number of nitrogens with zero attached hydrogens (tertiary/aromatic N) is 4. The highest BCUT2D eigenvalue weighted by atomic mass is 35.5. The molecule has 0 saturated heterocycles. The molecule has 3 aromatic rings. The molecular weight excluding hydrogens is 412 g/mol. The molecule has 160 valence electrons. The van der Waals surface area contributed by atoms with E-state index in [1.54, 1.807) is 0 Å². The molecule has 31 heavy (non-hydrogen) atoms. The Bertz CT molecular complexity index is 1180. The van der Waals surface area contributed by atoms with Gasteiger partial charge in [0.1, 0.15) is 11.5 Å². The second kappa shape index (κ2) is 8.94. The largest absolute Gasteiger partial charge is 0.481 e. The Morgan fingerprint density at radius 3 is 2.84 bits per heavy atom. The molecule has 1 N–H and O–H groups in total. The van der Waals surface area contributed by atoms with Crippen molar-refractivity contribution in [1.29, 1.82) is 0 Å². The number of carboxylic acid groups (broad SMARTS) is 1. The van der Waals surface area contributed by atoms with Gasteiger partial charge in [-0.25, -0.2) is 9.97 Å². The molecule has 4 rings (SSSR count). The van der Waals surface area contributed by atoms with Gasteiger partial charge >= 0.3 is 5.97 Å². The minimum atomic E-state index is -0.811. The Labute approximate surface area is 186 Å². The first-order valence-electron chi connectivity index (χ1n) is 10.3. The molecule has 0 unspecified atom stereocenters. The SMILES string of the molecule is Cc1cn2cc(Cc3ccc(N(C)CCC(=O)O)nc3)cc(C3=CCCC(Cl)=C3)c2n1. The standard InChI is InChI=1S/C24H25ClN4O2/c1-16-14-29-15-18(11-21(24(29)27-16)19-4-3-5-20(25)12-19)10-17-6-7-22(26-13-17)28(2)9-8-23(30)31/h4,6-7,11-15H,3,5,8-10H2,1-2H3,(H,30,31). The number of hydrogen-bond acceptors (Lipinski definition) is 4. The van der Waals surface area contributed by atoms with E-state index in [0.717, 1.165) is 63.7 Å². The smallest absolute Gasteiger partial charge is 0.305 e. The van der Waals surface area contributed by atoms with Crippen LogP contribution in [0.1, 0.15) is 41.6 Å². The summed E-state index contributed by atoms with van der Waals surface area (Å²) >= 11 is 6.32. The highest BCUT2D eigenvalue weighted by Gasteiger charge is 2.14. The molecular formula is C24H25ClN4O2. The molecule has 6 nitrogen and oxygen atoms in total. The molecule has 0 amide bonds. The van der Waals surface area contributed by atoms with E-state index in [2.05, 4.69) is 27.7 Å². The maximum atomic E-state index is 10.8. The minimum absolute atomic E-state index is 0.0847. The highest BCUT2D eigenvalue weighted by Crippen LogP contribution is 2.30. The quantitative estimate of drug-likeness (QED) is 0.573. The Hall–Kier alpha value is -3.12. The van der Waals surface area contributed by atoms with Crippen LogP contribution in [0.5, 0.6) is 0 Å². The number of aliphatic carboxylic acids is 1. The zero-order valence-electron chi connectivity index (χ0n) is 17.7. The predicted octanol–water partition coefficient (Wildman–Crippen LogP) is 4.84. The number of hydrogen-bond donors (Lipinski definition) is 1. The molecule has 0 bridgehead atoms. The Balaban J connectivity index is 1.60. The van der Waals surface area contributed by atoms with E-state index in [1.807, 2.05) is 49.5 Å². The van der Waals surface area contributed by atoms with E-state index < -0.39 is 5.97 Å². The van der Waals surface area contributed by atoms with E-state index in [4.69, 9.17) is 21.7 Å². The molecule has 0 atom stereocenters. The number of imidazole rings is 1. The number of anilines is 1. The minimum Gasteiger partial charge on any atom is -0.481 e. The number of aryl methyl sites for hydroxylation is 1. The number of carbonyl (C=O) groups is 1. The summed E-state index contributed by atoms with van der Waals surface area (Å²) in [6, 6.07) is 6.16. The monoisotopic (exact) mass is 436 g/mol. The Morgan fingerprint density at radius 1 is 1.29 bits per heavy atom. The molecule has 1 aliphatic carbocycles. The average molecular weight is 437 g/mol. The van der Waals surface area contributed by atoms with Crippen molar-refractivity contribution in [2.24, 2.45) is 0 Å². The van der Waals surface area contributed by atoms with Gasteiger partial charge in [-0.05, 0) is 54.7 Å². The molecule has 0 spiro atoms. The molecule has 1 aliphatic rings. The lowest BCUT2D eigenvalue weighted by Crippen LogP contribution is -2.21. The summed E-state index contributed by atoms with van der Waals surface area (Å²) in [5.41, 5.74) is 6.35. The first kappa shape index (κ1) is 21.1. The van der Waals surface area contributed by atoms with E-state index in [0.29, 0.717) is 6.54 Å². The summed E-state index contributed by atoms with van der Waals surface area (Å²) in [7, 11) is 1.85. The highest BCUT2D eigenvalue weighted by molar-refractivity contribution is 6.30. The van der Waals surface area contributed by atoms with Gasteiger partial charge in [0.05, 0.1) is 12.1 Å². The number of pyridine rings is 2. The van der Waals surface area contributed by atoms with Crippen LogP contribution in [0.2, 0.25) is 0 Å². The molecule has 0 radical (unpaired) electrons. The van der Waals surface area contributed by atoms with Gasteiger partial charge in [0.2, 0.25) is 0 Å². The van der Waals surface area contributed by atoms with Gasteiger partial charge in [-0.2, -0.15) is 0 Å². The van der Waals surface area contributed by atoms with Crippen molar-refractivity contribution >= 4 is 34.6 Å². The van der Waals surface area contributed by atoms with Gasteiger partial charge in [0.15, 0.2) is 0 Å². The Morgan fingerprint density at radius 2 is 2.13 bits per heavy atom. The first-order valence-corrected chi connectivity index (χ1v) is 10.7. The summed E-state index contributed by atoms with van der Waals surface area (Å²) in [5, 5.41) is 9.73. The maximum Gasteiger partial charge on any atom is 0.305 e. The van der Waals surface area contributed by atoms with Crippen LogP contribution >= 0.6 is 11.6 Å². The predicted molar refractivity (Wildman–Crippen MR) is 124 cm³/mol. The second-order valence-electron chi connectivity index (χ2n) is 7.93. The molecule has 0 aromatic carbocycles. The third-order valence-electron chi connectivity index (χ3n) is 5.37. The van der Waals surface area contributed by atoms with Gasteiger partial charge < -0.3 is 14.4 Å². The van der Waals surface area contributed by atoms with E-state index >= 15 is 0 Å². The van der Waals surface area contributed by atoms with Crippen molar-refractivity contribution in [2.45, 2.75) is 32.6 Å². The van der Waals surface area contributed by atoms with Crippen LogP contribution in [0, 0.1) is 6.92 Å². The molecule has 0 saturated carbocycles. The Kier molecular flexibility index (Phi) is 6.09. The third-order valence-corrected chi connectivity index (χ3v) is 5.67. The fraction of sp³-hybridized carbons (Fsp3) is 0.292. The lowest BCUT2D eigenvalue weighted by Gasteiger charge is -2.17. The summed E-state index contributed by atoms with van der Waals surface area (Å²) in [5.74, 6) is -0.0490. The fourth-order valence-electron chi connectivity index (χ4n) is 3.80. The normalized spacial score (nSPS) is 13.8. The van der Waals surface area contributed by atoms with Crippen molar-refractivity contribution in [1.82, 2.24) is 14.4 Å². The maximum absolute atomic E-state index is 10.8. The average Bonchev–Trinajstić information content (AvgIpc) is 3.12. The lowest BCUT2D eigenvalue weighted by molar-refractivity contribution is -0.136. The third kappa shape index (κ3) is 4.97. The molecule has 3 heterocycles. The van der Waals surface area contributed by atoms with Gasteiger partial charge in [-0.1, -0.05) is 23.7 Å². The van der Waals surface area contributed by atoms with Crippen molar-refractivity contribution in [3.63, 3.8) is 0 Å². The van der Waals surface area contributed by atoms with Gasteiger partial charge in [-0.3, -0.25) is 4.79 Å². The topological polar surface area (TPSA) is 70.7 Å². The number of rotatable bonds is 7. The number of fused-ring (bicyclic) bond motifs is 1. The van der Waals surface area contributed by atoms with Crippen LogP contribution in [0.3, 0.4) is 0 Å². The van der Waals surface area contributed by atoms with Crippen molar-refractivity contribution < 1.29 is 9.90 Å². The van der Waals surface area contributed by atoms with Crippen LogP contribution < -0.4 is 4.90 Å². The number of aromatic nitrogens is 3. The van der Waals surface area contributed by atoms with Gasteiger partial charge in [0, 0.05) is 49.2 Å². The van der Waals surface area contributed by atoms with Crippen LogP contribution in [-0.4, -0.2) is 39.0 Å². The molecule has 0 aliphatic heterocycles. The zero-order chi connectivity index (χ0) is 22.0. The van der Waals surface area contributed by atoms with E-state index in [-0.39, 0.29) is 6.42 Å².